The van der Waals surface area contributed by atoms with Crippen LogP contribution in [0.25, 0.3) is 0 Å². The van der Waals surface area contributed by atoms with Crippen molar-refractivity contribution in [2.24, 2.45) is 34.5 Å². The number of carbonyl (C=O) groups excluding carboxylic acids is 1. The number of fused-ring (bicyclic) bond motifs is 5. The number of rotatable bonds is 3. The second-order valence-electron chi connectivity index (χ2n) is 13.4. The fraction of sp³-hybridized carbons (Fsp3) is 0.897. The molecule has 3 N–H and O–H groups in total. The molecule has 4 saturated carbocycles. The second kappa shape index (κ2) is 8.77. The Morgan fingerprint density at radius 3 is 2.53 bits per heavy atom. The maximum absolute atomic E-state index is 12.4. The van der Waals surface area contributed by atoms with Gasteiger partial charge in [0, 0.05) is 17.9 Å². The maximum atomic E-state index is 12.4. The molecule has 2 aliphatic heterocycles. The van der Waals surface area contributed by atoms with E-state index in [1.54, 1.807) is 13.0 Å². The van der Waals surface area contributed by atoms with Crippen LogP contribution in [0.3, 0.4) is 0 Å². The van der Waals surface area contributed by atoms with Crippen LogP contribution in [0.4, 0.5) is 0 Å². The largest absolute Gasteiger partial charge is 0.458 e. The maximum Gasteiger partial charge on any atom is 0.331 e. The van der Waals surface area contributed by atoms with Crippen molar-refractivity contribution in [2.75, 3.05) is 6.61 Å². The average Bonchev–Trinajstić information content (AvgIpc) is 3.37. The van der Waals surface area contributed by atoms with Crippen LogP contribution in [-0.4, -0.2) is 64.2 Å². The van der Waals surface area contributed by atoms with Gasteiger partial charge < -0.3 is 29.5 Å². The molecule has 0 bridgehead atoms. The minimum Gasteiger partial charge on any atom is -0.458 e. The van der Waals surface area contributed by atoms with Gasteiger partial charge in [-0.2, -0.15) is 0 Å². The number of esters is 1. The normalized spacial score (nSPS) is 54.8. The SMILES string of the molecule is CC1O[C@@H](O[C@@H]2CC[C@]3(C)C4CC[C@]5(C)[C@@H](C6=CC(=O)OC6)CC[C@]5(O)C4CC[C@@H]3C2)CC(O)[C@@H]1O. The van der Waals surface area contributed by atoms with Crippen molar-refractivity contribution in [3.05, 3.63) is 11.6 Å². The molecule has 1 saturated heterocycles. The first-order chi connectivity index (χ1) is 17.0. The van der Waals surface area contributed by atoms with Crippen LogP contribution in [-0.2, 0) is 19.0 Å². The summed E-state index contributed by atoms with van der Waals surface area (Å²) in [5, 5.41) is 32.5. The lowest BCUT2D eigenvalue weighted by molar-refractivity contribution is -0.270. The summed E-state index contributed by atoms with van der Waals surface area (Å²) in [4.78, 5) is 11.8. The van der Waals surface area contributed by atoms with Crippen LogP contribution in [0.1, 0.15) is 85.0 Å². The topological polar surface area (TPSA) is 105 Å². The number of aliphatic hydroxyl groups excluding tert-OH is 2. The van der Waals surface area contributed by atoms with Gasteiger partial charge in [0.15, 0.2) is 6.29 Å². The minimum absolute atomic E-state index is 0.110. The first-order valence-corrected chi connectivity index (χ1v) is 14.3. The second-order valence-corrected chi connectivity index (χ2v) is 13.4. The number of hydrogen-bond donors (Lipinski definition) is 3. The van der Waals surface area contributed by atoms with E-state index in [0.29, 0.717) is 30.8 Å². The van der Waals surface area contributed by atoms with Crippen molar-refractivity contribution in [3.63, 3.8) is 0 Å². The van der Waals surface area contributed by atoms with Crippen molar-refractivity contribution >= 4 is 5.97 Å². The lowest BCUT2D eigenvalue weighted by atomic mass is 9.43. The molecule has 6 rings (SSSR count). The molecular weight excluding hydrogens is 460 g/mol. The van der Waals surface area contributed by atoms with E-state index in [0.717, 1.165) is 63.4 Å². The van der Waals surface area contributed by atoms with E-state index in [-0.39, 0.29) is 28.8 Å². The smallest absolute Gasteiger partial charge is 0.331 e. The van der Waals surface area contributed by atoms with E-state index in [4.69, 9.17) is 14.2 Å². The highest BCUT2D eigenvalue weighted by Crippen LogP contribution is 2.70. The molecule has 2 heterocycles. The molecule has 0 aromatic heterocycles. The quantitative estimate of drug-likeness (QED) is 0.399. The third-order valence-corrected chi connectivity index (χ3v) is 12.0. The van der Waals surface area contributed by atoms with Crippen LogP contribution >= 0.6 is 0 Å². The Kier molecular flexibility index (Phi) is 6.16. The minimum atomic E-state index is -0.856. The fourth-order valence-corrected chi connectivity index (χ4v) is 9.82. The van der Waals surface area contributed by atoms with E-state index >= 15 is 0 Å². The summed E-state index contributed by atoms with van der Waals surface area (Å²) < 4.78 is 17.4. The van der Waals surface area contributed by atoms with Crippen molar-refractivity contribution < 1.29 is 34.3 Å². The summed E-state index contributed by atoms with van der Waals surface area (Å²) in [6, 6.07) is 0. The van der Waals surface area contributed by atoms with Crippen molar-refractivity contribution in [1.82, 2.24) is 0 Å². The van der Waals surface area contributed by atoms with Gasteiger partial charge in [0.1, 0.15) is 12.7 Å². The van der Waals surface area contributed by atoms with Crippen molar-refractivity contribution in [1.29, 1.82) is 0 Å². The Morgan fingerprint density at radius 1 is 1.00 bits per heavy atom. The molecule has 4 aliphatic carbocycles. The van der Waals surface area contributed by atoms with Gasteiger partial charge in [-0.1, -0.05) is 13.8 Å². The summed E-state index contributed by atoms with van der Waals surface area (Å²) in [5.74, 6) is 1.37. The number of cyclic esters (lactones) is 1. The van der Waals surface area contributed by atoms with Gasteiger partial charge in [0.25, 0.3) is 0 Å². The van der Waals surface area contributed by atoms with E-state index < -0.39 is 30.2 Å². The molecule has 0 aromatic rings. The molecule has 7 nitrogen and oxygen atoms in total. The van der Waals surface area contributed by atoms with Crippen molar-refractivity contribution in [3.8, 4) is 0 Å². The lowest BCUT2D eigenvalue weighted by Crippen LogP contribution is -2.62. The molecule has 0 amide bonds. The summed E-state index contributed by atoms with van der Waals surface area (Å²) >= 11 is 0. The molecule has 12 atom stereocenters. The molecule has 7 heteroatoms. The van der Waals surface area contributed by atoms with Crippen LogP contribution in [0.5, 0.6) is 0 Å². The Balaban J connectivity index is 1.15. The molecule has 0 spiro atoms. The summed E-state index contributed by atoms with van der Waals surface area (Å²) in [6.07, 6.45) is 8.64. The molecule has 36 heavy (non-hydrogen) atoms. The van der Waals surface area contributed by atoms with Gasteiger partial charge >= 0.3 is 5.97 Å². The Labute approximate surface area is 214 Å². The van der Waals surface area contributed by atoms with Crippen LogP contribution in [0.15, 0.2) is 11.6 Å². The van der Waals surface area contributed by atoms with Crippen molar-refractivity contribution in [2.45, 2.75) is 121 Å². The first kappa shape index (κ1) is 25.3. The monoisotopic (exact) mass is 504 g/mol. The lowest BCUT2D eigenvalue weighted by Gasteiger charge is -2.63. The van der Waals surface area contributed by atoms with Gasteiger partial charge in [0.2, 0.25) is 0 Å². The first-order valence-electron chi connectivity index (χ1n) is 14.3. The third-order valence-electron chi connectivity index (χ3n) is 12.0. The zero-order valence-electron chi connectivity index (χ0n) is 22.0. The Morgan fingerprint density at radius 2 is 1.81 bits per heavy atom. The number of hydrogen-bond acceptors (Lipinski definition) is 7. The highest BCUT2D eigenvalue weighted by molar-refractivity contribution is 5.85. The van der Waals surface area contributed by atoms with Gasteiger partial charge in [0.05, 0.1) is 23.9 Å². The Bertz CT molecular complexity index is 907. The summed E-state index contributed by atoms with van der Waals surface area (Å²) in [6.45, 7) is 6.92. The van der Waals surface area contributed by atoms with Crippen LogP contribution in [0, 0.1) is 34.5 Å². The van der Waals surface area contributed by atoms with Crippen LogP contribution < -0.4 is 0 Å². The average molecular weight is 505 g/mol. The van der Waals surface area contributed by atoms with Crippen LogP contribution in [0.2, 0.25) is 0 Å². The zero-order chi connectivity index (χ0) is 25.5. The van der Waals surface area contributed by atoms with Gasteiger partial charge in [-0.05, 0) is 99.4 Å². The van der Waals surface area contributed by atoms with E-state index in [1.165, 1.54) is 0 Å². The van der Waals surface area contributed by atoms with Gasteiger partial charge in [-0.15, -0.1) is 0 Å². The molecule has 0 radical (unpaired) electrons. The molecule has 4 unspecified atom stereocenters. The highest BCUT2D eigenvalue weighted by atomic mass is 16.7. The predicted molar refractivity (Wildman–Crippen MR) is 132 cm³/mol. The third kappa shape index (κ3) is 3.67. The zero-order valence-corrected chi connectivity index (χ0v) is 22.0. The molecule has 202 valence electrons. The van der Waals surface area contributed by atoms with Gasteiger partial charge in [-0.3, -0.25) is 0 Å². The van der Waals surface area contributed by atoms with E-state index in [2.05, 4.69) is 13.8 Å². The molecule has 5 fully saturated rings. The number of aliphatic hydroxyl groups is 3. The molecule has 6 aliphatic rings. The standard InChI is InChI=1S/C29H44O7/c1-16-26(32)23(30)14-25(35-16)36-19-6-9-27(2)18(13-19)4-5-22-21(27)7-10-28(3)20(8-11-29(22,28)33)17-12-24(31)34-15-17/h12,16,18-23,25-26,30,32-33H,4-11,13-15H2,1-3H3/t16?,18-,19-,20-,21?,22?,23?,25+,26-,27+,28-,29+/m1/s1. The number of ether oxygens (including phenoxy) is 3. The predicted octanol–water partition coefficient (Wildman–Crippen LogP) is 3.49. The van der Waals surface area contributed by atoms with Gasteiger partial charge in [-0.25, -0.2) is 4.79 Å². The summed E-state index contributed by atoms with van der Waals surface area (Å²) in [7, 11) is 0. The van der Waals surface area contributed by atoms with E-state index in [9.17, 15) is 20.1 Å². The Hall–Kier alpha value is -0.990. The molecular formula is C29H44O7. The number of carbonyl (C=O) groups is 1. The molecule has 0 aromatic carbocycles. The van der Waals surface area contributed by atoms with E-state index in [1.807, 2.05) is 0 Å². The fourth-order valence-electron chi connectivity index (χ4n) is 9.82. The highest BCUT2D eigenvalue weighted by Gasteiger charge is 2.67. The summed E-state index contributed by atoms with van der Waals surface area (Å²) in [5.41, 5.74) is 0.404.